The van der Waals surface area contributed by atoms with Crippen molar-refractivity contribution < 1.29 is 17.9 Å². The molecule has 120 valence electrons. The van der Waals surface area contributed by atoms with Gasteiger partial charge in [-0.15, -0.1) is 0 Å². The molecule has 23 heavy (non-hydrogen) atoms. The smallest absolute Gasteiger partial charge is 0.308 e. The van der Waals surface area contributed by atoms with Gasteiger partial charge in [-0.25, -0.2) is 13.1 Å². The summed E-state index contributed by atoms with van der Waals surface area (Å²) in [5, 5.41) is 10.3. The SMILES string of the molecule is C[C@H](C#N)OC(=O)CCNS(=O)(=O)c1ccc2ccccc2c1. The number of fused-ring (bicyclic) bond motifs is 1. The van der Waals surface area contributed by atoms with E-state index in [-0.39, 0.29) is 17.9 Å². The summed E-state index contributed by atoms with van der Waals surface area (Å²) in [6, 6.07) is 14.0. The zero-order valence-corrected chi connectivity index (χ0v) is 13.3. The maximum Gasteiger partial charge on any atom is 0.308 e. The van der Waals surface area contributed by atoms with Gasteiger partial charge in [0.2, 0.25) is 10.0 Å². The lowest BCUT2D eigenvalue weighted by atomic mass is 10.1. The topological polar surface area (TPSA) is 96.3 Å². The number of nitriles is 1. The summed E-state index contributed by atoms with van der Waals surface area (Å²) in [6.45, 7) is 1.35. The molecule has 0 saturated carbocycles. The zero-order chi connectivity index (χ0) is 16.9. The number of hydrogen-bond donors (Lipinski definition) is 1. The second-order valence-electron chi connectivity index (χ2n) is 4.92. The molecule has 0 bridgehead atoms. The first-order chi connectivity index (χ1) is 10.9. The molecule has 0 unspecified atom stereocenters. The number of ether oxygens (including phenoxy) is 1. The molecule has 1 N–H and O–H groups in total. The Kier molecular flexibility index (Phi) is 5.32. The summed E-state index contributed by atoms with van der Waals surface area (Å²) in [7, 11) is -3.70. The van der Waals surface area contributed by atoms with Crippen LogP contribution >= 0.6 is 0 Å². The normalized spacial score (nSPS) is 12.5. The predicted molar refractivity (Wildman–Crippen MR) is 84.9 cm³/mol. The van der Waals surface area contributed by atoms with Crippen molar-refractivity contribution in [2.45, 2.75) is 24.3 Å². The van der Waals surface area contributed by atoms with Crippen molar-refractivity contribution in [1.82, 2.24) is 4.72 Å². The van der Waals surface area contributed by atoms with Gasteiger partial charge in [0.25, 0.3) is 0 Å². The first-order valence-corrected chi connectivity index (χ1v) is 8.48. The Morgan fingerprint density at radius 1 is 1.26 bits per heavy atom. The Morgan fingerprint density at radius 3 is 2.65 bits per heavy atom. The van der Waals surface area contributed by atoms with E-state index in [9.17, 15) is 13.2 Å². The van der Waals surface area contributed by atoms with Crippen LogP contribution in [-0.4, -0.2) is 27.0 Å². The largest absolute Gasteiger partial charge is 0.447 e. The van der Waals surface area contributed by atoms with Crippen molar-refractivity contribution in [3.63, 3.8) is 0 Å². The highest BCUT2D eigenvalue weighted by Gasteiger charge is 2.15. The lowest BCUT2D eigenvalue weighted by Gasteiger charge is -2.08. The van der Waals surface area contributed by atoms with Gasteiger partial charge in [0.15, 0.2) is 6.10 Å². The third-order valence-electron chi connectivity index (χ3n) is 3.14. The molecule has 1 atom stereocenters. The molecule has 2 rings (SSSR count). The van der Waals surface area contributed by atoms with Crippen molar-refractivity contribution >= 4 is 26.8 Å². The Morgan fingerprint density at radius 2 is 1.96 bits per heavy atom. The minimum Gasteiger partial charge on any atom is -0.447 e. The minimum absolute atomic E-state index is 0.0911. The predicted octanol–water partition coefficient (Wildman–Crippen LogP) is 1.96. The summed E-state index contributed by atoms with van der Waals surface area (Å²) in [5.74, 6) is -0.625. The average molecular weight is 332 g/mol. The molecule has 0 radical (unpaired) electrons. The number of hydrogen-bond acceptors (Lipinski definition) is 5. The van der Waals surface area contributed by atoms with Crippen LogP contribution in [0.15, 0.2) is 47.4 Å². The van der Waals surface area contributed by atoms with Crippen LogP contribution < -0.4 is 4.72 Å². The average Bonchev–Trinajstić information content (AvgIpc) is 2.54. The second kappa shape index (κ2) is 7.22. The van der Waals surface area contributed by atoms with Crippen LogP contribution in [0.2, 0.25) is 0 Å². The molecule has 0 aliphatic rings. The molecule has 0 aliphatic carbocycles. The van der Waals surface area contributed by atoms with E-state index in [2.05, 4.69) is 4.72 Å². The number of benzene rings is 2. The summed E-state index contributed by atoms with van der Waals surface area (Å²) >= 11 is 0. The van der Waals surface area contributed by atoms with E-state index in [0.717, 1.165) is 10.8 Å². The van der Waals surface area contributed by atoms with Crippen LogP contribution in [0.5, 0.6) is 0 Å². The van der Waals surface area contributed by atoms with E-state index in [4.69, 9.17) is 10.00 Å². The summed E-state index contributed by atoms with van der Waals surface area (Å²) in [5.41, 5.74) is 0. The fourth-order valence-corrected chi connectivity index (χ4v) is 3.05. The van der Waals surface area contributed by atoms with Gasteiger partial charge < -0.3 is 4.74 Å². The number of carbonyl (C=O) groups is 1. The molecule has 7 heteroatoms. The molecule has 0 saturated heterocycles. The van der Waals surface area contributed by atoms with E-state index in [1.165, 1.54) is 13.0 Å². The van der Waals surface area contributed by atoms with Crippen LogP contribution in [0.3, 0.4) is 0 Å². The van der Waals surface area contributed by atoms with Crippen LogP contribution in [0, 0.1) is 11.3 Å². The molecule has 0 spiro atoms. The molecule has 0 aromatic heterocycles. The number of sulfonamides is 1. The summed E-state index contributed by atoms with van der Waals surface area (Å²) < 4.78 is 31.5. The Balaban J connectivity index is 2.01. The number of carbonyl (C=O) groups excluding carboxylic acids is 1. The van der Waals surface area contributed by atoms with Crippen LogP contribution in [-0.2, 0) is 19.6 Å². The van der Waals surface area contributed by atoms with Gasteiger partial charge in [-0.3, -0.25) is 4.79 Å². The van der Waals surface area contributed by atoms with E-state index >= 15 is 0 Å². The van der Waals surface area contributed by atoms with E-state index in [1.807, 2.05) is 24.3 Å². The minimum atomic E-state index is -3.70. The third-order valence-corrected chi connectivity index (χ3v) is 4.60. The van der Waals surface area contributed by atoms with Crippen molar-refractivity contribution in [3.8, 4) is 6.07 Å². The van der Waals surface area contributed by atoms with Gasteiger partial charge in [-0.1, -0.05) is 30.3 Å². The molecule has 0 heterocycles. The highest BCUT2D eigenvalue weighted by atomic mass is 32.2. The fraction of sp³-hybridized carbons (Fsp3) is 0.250. The first-order valence-electron chi connectivity index (χ1n) is 7.00. The second-order valence-corrected chi connectivity index (χ2v) is 6.68. The highest BCUT2D eigenvalue weighted by Crippen LogP contribution is 2.18. The lowest BCUT2D eigenvalue weighted by Crippen LogP contribution is -2.27. The monoisotopic (exact) mass is 332 g/mol. The maximum atomic E-state index is 12.2. The number of nitrogens with one attached hydrogen (secondary N) is 1. The molecule has 2 aromatic rings. The van der Waals surface area contributed by atoms with E-state index in [1.54, 1.807) is 18.2 Å². The quantitative estimate of drug-likeness (QED) is 0.816. The van der Waals surface area contributed by atoms with Crippen molar-refractivity contribution in [2.75, 3.05) is 6.54 Å². The highest BCUT2D eigenvalue weighted by molar-refractivity contribution is 7.89. The van der Waals surface area contributed by atoms with Crippen LogP contribution in [0.25, 0.3) is 10.8 Å². The van der Waals surface area contributed by atoms with Crippen molar-refractivity contribution in [2.24, 2.45) is 0 Å². The summed E-state index contributed by atoms with van der Waals surface area (Å²) in [4.78, 5) is 11.5. The van der Waals surface area contributed by atoms with Gasteiger partial charge in [0, 0.05) is 6.54 Å². The Hall–Kier alpha value is -2.43. The fourth-order valence-electron chi connectivity index (χ4n) is 1.99. The van der Waals surface area contributed by atoms with Gasteiger partial charge in [-0.05, 0) is 29.8 Å². The third kappa shape index (κ3) is 4.52. The van der Waals surface area contributed by atoms with Crippen molar-refractivity contribution in [1.29, 1.82) is 5.26 Å². The van der Waals surface area contributed by atoms with Gasteiger partial charge in [0.1, 0.15) is 6.07 Å². The molecule has 6 nitrogen and oxygen atoms in total. The lowest BCUT2D eigenvalue weighted by molar-refractivity contribution is -0.145. The number of nitrogens with zero attached hydrogens (tertiary/aromatic N) is 1. The molecular weight excluding hydrogens is 316 g/mol. The van der Waals surface area contributed by atoms with Crippen LogP contribution in [0.1, 0.15) is 13.3 Å². The maximum absolute atomic E-state index is 12.2. The zero-order valence-electron chi connectivity index (χ0n) is 12.5. The van der Waals surface area contributed by atoms with Crippen molar-refractivity contribution in [3.05, 3.63) is 42.5 Å². The van der Waals surface area contributed by atoms with Crippen LogP contribution in [0.4, 0.5) is 0 Å². The molecule has 0 amide bonds. The van der Waals surface area contributed by atoms with Gasteiger partial charge in [-0.2, -0.15) is 5.26 Å². The molecule has 0 aliphatic heterocycles. The van der Waals surface area contributed by atoms with E-state index in [0.29, 0.717) is 0 Å². The molecule has 0 fully saturated rings. The first kappa shape index (κ1) is 16.9. The van der Waals surface area contributed by atoms with Gasteiger partial charge >= 0.3 is 5.97 Å². The Labute approximate surface area is 134 Å². The van der Waals surface area contributed by atoms with Gasteiger partial charge in [0.05, 0.1) is 11.3 Å². The number of esters is 1. The molecule has 2 aromatic carbocycles. The standard InChI is InChI=1S/C16H16N2O4S/c1-12(11-17)22-16(19)8-9-18-23(20,21)15-7-6-13-4-2-3-5-14(13)10-15/h2-7,10,12,18H,8-9H2,1H3/t12-/m1/s1. The summed E-state index contributed by atoms with van der Waals surface area (Å²) in [6.07, 6.45) is -0.988. The Bertz CT molecular complexity index is 856. The number of rotatable bonds is 6. The molecular formula is C16H16N2O4S. The van der Waals surface area contributed by atoms with E-state index < -0.39 is 22.1 Å².